The number of halogens is 1. The number of hydrogen-bond acceptors (Lipinski definition) is 3. The van der Waals surface area contributed by atoms with E-state index in [-0.39, 0.29) is 0 Å². The van der Waals surface area contributed by atoms with Crippen LogP contribution in [0.3, 0.4) is 0 Å². The molecule has 3 nitrogen and oxygen atoms in total. The van der Waals surface area contributed by atoms with Gasteiger partial charge in [0.15, 0.2) is 0 Å². The van der Waals surface area contributed by atoms with Crippen LogP contribution >= 0.6 is 15.9 Å². The third-order valence-corrected chi connectivity index (χ3v) is 3.43. The molecule has 0 saturated carbocycles. The van der Waals surface area contributed by atoms with Crippen LogP contribution in [0.4, 0.5) is 0 Å². The Kier molecular flexibility index (Phi) is 6.57. The van der Waals surface area contributed by atoms with Crippen molar-refractivity contribution in [3.63, 3.8) is 0 Å². The zero-order chi connectivity index (χ0) is 14.9. The first-order valence-corrected chi connectivity index (χ1v) is 7.88. The summed E-state index contributed by atoms with van der Waals surface area (Å²) < 4.78 is 12.5. The van der Waals surface area contributed by atoms with Gasteiger partial charge < -0.3 is 14.8 Å². The molecule has 0 atom stereocenters. The van der Waals surface area contributed by atoms with Gasteiger partial charge in [0, 0.05) is 16.6 Å². The van der Waals surface area contributed by atoms with E-state index in [1.807, 2.05) is 42.5 Å². The van der Waals surface area contributed by atoms with E-state index in [1.54, 1.807) is 0 Å². The topological polar surface area (TPSA) is 30.5 Å². The highest BCUT2D eigenvalue weighted by Crippen LogP contribution is 2.23. The highest BCUT2D eigenvalue weighted by molar-refractivity contribution is 9.10. The van der Waals surface area contributed by atoms with Crippen molar-refractivity contribution in [3.05, 3.63) is 58.6 Å². The van der Waals surface area contributed by atoms with Crippen molar-refractivity contribution < 1.29 is 9.47 Å². The van der Waals surface area contributed by atoms with Gasteiger partial charge in [-0.2, -0.15) is 0 Å². The zero-order valence-corrected chi connectivity index (χ0v) is 13.7. The van der Waals surface area contributed by atoms with Gasteiger partial charge in [0.1, 0.15) is 24.7 Å². The Hall–Kier alpha value is -1.52. The molecule has 0 radical (unpaired) electrons. The molecule has 0 saturated heterocycles. The number of benzene rings is 2. The minimum absolute atomic E-state index is 0.523. The smallest absolute Gasteiger partial charge is 0.124 e. The van der Waals surface area contributed by atoms with E-state index >= 15 is 0 Å². The second-order valence-corrected chi connectivity index (χ2v) is 5.46. The van der Waals surface area contributed by atoms with Crippen molar-refractivity contribution >= 4 is 15.9 Å². The number of ether oxygens (including phenoxy) is 2. The molecule has 112 valence electrons. The second-order valence-electron chi connectivity index (χ2n) is 4.54. The first-order chi connectivity index (χ1) is 10.3. The second kappa shape index (κ2) is 8.70. The molecule has 0 amide bonds. The van der Waals surface area contributed by atoms with Crippen molar-refractivity contribution in [1.82, 2.24) is 5.32 Å². The summed E-state index contributed by atoms with van der Waals surface area (Å²) in [5.41, 5.74) is 1.14. The average Bonchev–Trinajstić information content (AvgIpc) is 2.52. The summed E-state index contributed by atoms with van der Waals surface area (Å²) in [5, 5.41) is 3.32. The first-order valence-electron chi connectivity index (χ1n) is 7.09. The van der Waals surface area contributed by atoms with E-state index in [0.29, 0.717) is 13.2 Å². The van der Waals surface area contributed by atoms with Crippen molar-refractivity contribution in [2.24, 2.45) is 0 Å². The minimum Gasteiger partial charge on any atom is -0.490 e. The molecule has 0 heterocycles. The molecule has 2 rings (SSSR count). The molecule has 4 heteroatoms. The molecular weight excluding hydrogens is 330 g/mol. The molecular formula is C17H20BrNO2. The van der Waals surface area contributed by atoms with E-state index in [4.69, 9.17) is 9.47 Å². The molecule has 2 aromatic carbocycles. The summed E-state index contributed by atoms with van der Waals surface area (Å²) in [5.74, 6) is 1.76. The lowest BCUT2D eigenvalue weighted by molar-refractivity contribution is 0.215. The van der Waals surface area contributed by atoms with Crippen LogP contribution in [0.1, 0.15) is 12.5 Å². The highest BCUT2D eigenvalue weighted by atomic mass is 79.9. The predicted octanol–water partition coefficient (Wildman–Crippen LogP) is 4.02. The lowest BCUT2D eigenvalue weighted by Crippen LogP contribution is -2.14. The molecule has 1 N–H and O–H groups in total. The van der Waals surface area contributed by atoms with Gasteiger partial charge in [-0.3, -0.25) is 0 Å². The maximum atomic E-state index is 5.83. The lowest BCUT2D eigenvalue weighted by Gasteiger charge is -2.13. The molecule has 0 aliphatic rings. The fourth-order valence-corrected chi connectivity index (χ4v) is 2.32. The predicted molar refractivity (Wildman–Crippen MR) is 89.0 cm³/mol. The van der Waals surface area contributed by atoms with E-state index in [2.05, 4.69) is 34.2 Å². The fraction of sp³-hybridized carbons (Fsp3) is 0.294. The maximum absolute atomic E-state index is 5.83. The van der Waals surface area contributed by atoms with Crippen LogP contribution in [0.5, 0.6) is 11.5 Å². The molecule has 0 aliphatic heterocycles. The molecule has 0 spiro atoms. The Morgan fingerprint density at radius 2 is 1.76 bits per heavy atom. The van der Waals surface area contributed by atoms with Crippen LogP contribution in [0, 0.1) is 0 Å². The maximum Gasteiger partial charge on any atom is 0.124 e. The summed E-state index contributed by atoms with van der Waals surface area (Å²) in [6.45, 7) is 4.87. The minimum atomic E-state index is 0.523. The van der Waals surface area contributed by atoms with E-state index < -0.39 is 0 Å². The van der Waals surface area contributed by atoms with Crippen molar-refractivity contribution in [3.8, 4) is 11.5 Å². The van der Waals surface area contributed by atoms with Gasteiger partial charge in [-0.1, -0.05) is 41.1 Å². The normalized spacial score (nSPS) is 10.4. The average molecular weight is 350 g/mol. The van der Waals surface area contributed by atoms with Gasteiger partial charge in [0.25, 0.3) is 0 Å². The molecule has 0 fully saturated rings. The lowest BCUT2D eigenvalue weighted by atomic mass is 10.2. The largest absolute Gasteiger partial charge is 0.490 e. The number of rotatable bonds is 8. The Morgan fingerprint density at radius 1 is 1.00 bits per heavy atom. The summed E-state index contributed by atoms with van der Waals surface area (Å²) >= 11 is 3.49. The summed E-state index contributed by atoms with van der Waals surface area (Å²) in [4.78, 5) is 0. The van der Waals surface area contributed by atoms with Gasteiger partial charge in [0.2, 0.25) is 0 Å². The zero-order valence-electron chi connectivity index (χ0n) is 12.1. The molecule has 0 unspecified atom stereocenters. The molecule has 21 heavy (non-hydrogen) atoms. The molecule has 0 aromatic heterocycles. The van der Waals surface area contributed by atoms with Crippen molar-refractivity contribution in [1.29, 1.82) is 0 Å². The van der Waals surface area contributed by atoms with Crippen LogP contribution in [-0.2, 0) is 6.54 Å². The van der Waals surface area contributed by atoms with E-state index in [1.165, 1.54) is 0 Å². The molecule has 0 bridgehead atoms. The van der Waals surface area contributed by atoms with Gasteiger partial charge in [-0.25, -0.2) is 0 Å². The van der Waals surface area contributed by atoms with Crippen molar-refractivity contribution in [2.75, 3.05) is 19.8 Å². The van der Waals surface area contributed by atoms with Gasteiger partial charge in [-0.05, 0) is 36.9 Å². The summed E-state index contributed by atoms with van der Waals surface area (Å²) in [6.07, 6.45) is 0. The Labute approximate surface area is 134 Å². The monoisotopic (exact) mass is 349 g/mol. The third-order valence-electron chi connectivity index (χ3n) is 2.94. The number of para-hydroxylation sites is 1. The Morgan fingerprint density at radius 3 is 2.52 bits per heavy atom. The highest BCUT2D eigenvalue weighted by Gasteiger charge is 2.04. The van der Waals surface area contributed by atoms with Gasteiger partial charge in [0.05, 0.1) is 0 Å². The quantitative estimate of drug-likeness (QED) is 0.730. The molecule has 0 aliphatic carbocycles. The summed E-state index contributed by atoms with van der Waals surface area (Å²) in [7, 11) is 0. The van der Waals surface area contributed by atoms with E-state index in [9.17, 15) is 0 Å². The SMILES string of the molecule is CCNCc1cc(Br)ccc1OCCOc1ccccc1. The van der Waals surface area contributed by atoms with Gasteiger partial charge in [-0.15, -0.1) is 0 Å². The Balaban J connectivity index is 1.84. The van der Waals surface area contributed by atoms with E-state index in [0.717, 1.165) is 34.6 Å². The standard InChI is InChI=1S/C17H20BrNO2/c1-2-19-13-14-12-15(18)8-9-17(14)21-11-10-20-16-6-4-3-5-7-16/h3-9,12,19H,2,10-11,13H2,1H3. The van der Waals surface area contributed by atoms with Crippen molar-refractivity contribution in [2.45, 2.75) is 13.5 Å². The fourth-order valence-electron chi connectivity index (χ4n) is 1.91. The summed E-state index contributed by atoms with van der Waals surface area (Å²) in [6, 6.07) is 15.8. The van der Waals surface area contributed by atoms with Crippen LogP contribution in [-0.4, -0.2) is 19.8 Å². The Bertz CT molecular complexity index is 546. The van der Waals surface area contributed by atoms with Crippen LogP contribution in [0.2, 0.25) is 0 Å². The van der Waals surface area contributed by atoms with Gasteiger partial charge >= 0.3 is 0 Å². The number of nitrogens with one attached hydrogen (secondary N) is 1. The van der Waals surface area contributed by atoms with Crippen LogP contribution in [0.25, 0.3) is 0 Å². The third kappa shape index (κ3) is 5.40. The first kappa shape index (κ1) is 15.9. The molecule has 2 aromatic rings. The van der Waals surface area contributed by atoms with Crippen LogP contribution in [0.15, 0.2) is 53.0 Å². The number of hydrogen-bond donors (Lipinski definition) is 1. The van der Waals surface area contributed by atoms with Crippen LogP contribution < -0.4 is 14.8 Å².